The van der Waals surface area contributed by atoms with Crippen molar-refractivity contribution in [3.05, 3.63) is 76.9 Å². The molecule has 4 heterocycles. The summed E-state index contributed by atoms with van der Waals surface area (Å²) in [6.07, 6.45) is 4.91. The van der Waals surface area contributed by atoms with Gasteiger partial charge >= 0.3 is 0 Å². The monoisotopic (exact) mass is 568 g/mol. The van der Waals surface area contributed by atoms with Gasteiger partial charge in [-0.3, -0.25) is 0 Å². The van der Waals surface area contributed by atoms with Crippen molar-refractivity contribution in [2.24, 2.45) is 0 Å². The Hall–Kier alpha value is -3.44. The third-order valence-corrected chi connectivity index (χ3v) is 9.84. The van der Waals surface area contributed by atoms with Crippen LogP contribution in [0.4, 0.5) is 20.4 Å². The van der Waals surface area contributed by atoms with Crippen LogP contribution in [0.3, 0.4) is 0 Å². The third-order valence-electron chi connectivity index (χ3n) is 7.48. The lowest BCUT2D eigenvalue weighted by Gasteiger charge is -2.29. The van der Waals surface area contributed by atoms with Crippen LogP contribution < -0.4 is 5.32 Å². The Morgan fingerprint density at radius 1 is 1.05 bits per heavy atom. The van der Waals surface area contributed by atoms with E-state index < -0.39 is 26.4 Å². The van der Waals surface area contributed by atoms with E-state index in [-0.39, 0.29) is 23.1 Å². The van der Waals surface area contributed by atoms with Gasteiger partial charge in [0.05, 0.1) is 10.4 Å². The van der Waals surface area contributed by atoms with Gasteiger partial charge in [0.2, 0.25) is 16.0 Å². The van der Waals surface area contributed by atoms with E-state index in [0.717, 1.165) is 18.7 Å². The van der Waals surface area contributed by atoms with Gasteiger partial charge in [0.25, 0.3) is 0 Å². The highest BCUT2D eigenvalue weighted by molar-refractivity contribution is 7.91. The minimum Gasteiger partial charge on any atom is -0.324 e. The van der Waals surface area contributed by atoms with E-state index in [9.17, 15) is 8.42 Å². The molecule has 5 rings (SSSR count). The van der Waals surface area contributed by atoms with Crippen molar-refractivity contribution >= 4 is 32.7 Å². The second kappa shape index (κ2) is 10.5. The summed E-state index contributed by atoms with van der Waals surface area (Å²) in [4.78, 5) is 15.7. The molecule has 40 heavy (non-hydrogen) atoms. The fourth-order valence-electron chi connectivity index (χ4n) is 4.97. The fraction of sp³-hybridized carbons (Fsp3) is 0.414. The zero-order valence-corrected chi connectivity index (χ0v) is 24.2. The number of hydrogen-bond acceptors (Lipinski definition) is 7. The number of pyridine rings is 1. The molecular weight excluding hydrogens is 534 g/mol. The van der Waals surface area contributed by atoms with Crippen LogP contribution in [0.15, 0.2) is 42.7 Å². The summed E-state index contributed by atoms with van der Waals surface area (Å²) in [5.41, 5.74) is 2.82. The average molecular weight is 569 g/mol. The summed E-state index contributed by atoms with van der Waals surface area (Å²) < 4.78 is 56.5. The van der Waals surface area contributed by atoms with E-state index >= 15 is 8.78 Å². The van der Waals surface area contributed by atoms with Crippen LogP contribution in [0.25, 0.3) is 11.0 Å². The van der Waals surface area contributed by atoms with Crippen LogP contribution in [-0.2, 0) is 16.4 Å². The van der Waals surface area contributed by atoms with E-state index in [1.165, 1.54) is 22.3 Å². The predicted octanol–water partition coefficient (Wildman–Crippen LogP) is 5.53. The molecule has 0 atom stereocenters. The van der Waals surface area contributed by atoms with Crippen molar-refractivity contribution in [1.29, 1.82) is 0 Å². The minimum absolute atomic E-state index is 0.142. The minimum atomic E-state index is -3.66. The number of nitrogens with zero attached hydrogens (tertiary/aromatic N) is 5. The van der Waals surface area contributed by atoms with Gasteiger partial charge in [0, 0.05) is 41.1 Å². The Bertz CT molecular complexity index is 1650. The Balaban J connectivity index is 1.39. The number of piperidine rings is 1. The largest absolute Gasteiger partial charge is 0.324 e. The highest BCUT2D eigenvalue weighted by Crippen LogP contribution is 2.33. The molecule has 1 N–H and O–H groups in total. The van der Waals surface area contributed by atoms with E-state index in [1.807, 2.05) is 26.1 Å². The molecule has 1 aliphatic rings. The molecule has 0 spiro atoms. The zero-order valence-electron chi connectivity index (χ0n) is 23.4. The quantitative estimate of drug-likeness (QED) is 0.327. The SMILES string of the molecule is Cc1cnc(Nc2cc(F)c(C3CCN(C)CC3)c(F)c2)nc1Cc1ccc2ccn(S(=O)(=O)C(C)(C)C)c2n1. The molecular formula is C29H34F2N6O2S. The molecule has 0 bridgehead atoms. The second-order valence-electron chi connectivity index (χ2n) is 11.5. The number of benzene rings is 1. The Morgan fingerprint density at radius 3 is 2.38 bits per heavy atom. The molecule has 1 saturated heterocycles. The normalized spacial score (nSPS) is 15.6. The van der Waals surface area contributed by atoms with E-state index in [4.69, 9.17) is 0 Å². The number of fused-ring (bicyclic) bond motifs is 1. The van der Waals surface area contributed by atoms with Gasteiger partial charge < -0.3 is 10.2 Å². The highest BCUT2D eigenvalue weighted by atomic mass is 32.2. The number of likely N-dealkylation sites (tertiary alicyclic amines) is 1. The Morgan fingerprint density at radius 2 is 1.73 bits per heavy atom. The lowest BCUT2D eigenvalue weighted by atomic mass is 9.88. The van der Waals surface area contributed by atoms with Crippen LogP contribution in [0, 0.1) is 18.6 Å². The first-order chi connectivity index (χ1) is 18.8. The van der Waals surface area contributed by atoms with Gasteiger partial charge in [-0.25, -0.2) is 36.1 Å². The van der Waals surface area contributed by atoms with Gasteiger partial charge in [-0.1, -0.05) is 0 Å². The molecule has 0 aliphatic carbocycles. The molecule has 11 heteroatoms. The number of aryl methyl sites for hydroxylation is 1. The Kier molecular flexibility index (Phi) is 7.39. The molecule has 0 unspecified atom stereocenters. The third kappa shape index (κ3) is 5.44. The summed E-state index contributed by atoms with van der Waals surface area (Å²) in [5.74, 6) is -1.09. The Labute approximate surface area is 233 Å². The molecule has 0 saturated carbocycles. The van der Waals surface area contributed by atoms with E-state index in [2.05, 4.69) is 25.2 Å². The molecule has 0 radical (unpaired) electrons. The lowest BCUT2D eigenvalue weighted by molar-refractivity contribution is 0.250. The highest BCUT2D eigenvalue weighted by Gasteiger charge is 2.32. The number of nitrogens with one attached hydrogen (secondary N) is 1. The zero-order chi connectivity index (χ0) is 28.8. The van der Waals surface area contributed by atoms with Gasteiger partial charge in [0.15, 0.2) is 5.65 Å². The maximum Gasteiger partial charge on any atom is 0.245 e. The fourth-order valence-corrected chi connectivity index (χ4v) is 6.16. The van der Waals surface area contributed by atoms with Crippen molar-refractivity contribution in [1.82, 2.24) is 23.8 Å². The van der Waals surface area contributed by atoms with Crippen LogP contribution in [0.1, 0.15) is 62.0 Å². The van der Waals surface area contributed by atoms with Crippen molar-refractivity contribution < 1.29 is 17.2 Å². The molecule has 0 amide bonds. The number of halogens is 2. The standard InChI is InChI=1S/C29H34F2N6O2S/c1-18-17-32-28(34-22-14-23(30)26(24(31)15-22)19-8-11-36(5)12-9-19)35-25(18)16-21-7-6-20-10-13-37(27(20)33-21)40(38,39)29(2,3)4/h6-7,10,13-15,17,19H,8-9,11-12,16H2,1-5H3,(H,32,34,35). The molecule has 1 aromatic carbocycles. The van der Waals surface area contributed by atoms with Crippen molar-refractivity contribution in [3.8, 4) is 0 Å². The van der Waals surface area contributed by atoms with Gasteiger partial charge in [-0.15, -0.1) is 0 Å². The first-order valence-electron chi connectivity index (χ1n) is 13.3. The van der Waals surface area contributed by atoms with Crippen LogP contribution in [0.5, 0.6) is 0 Å². The topological polar surface area (TPSA) is 93.0 Å². The van der Waals surface area contributed by atoms with Gasteiger partial charge in [-0.2, -0.15) is 0 Å². The summed E-state index contributed by atoms with van der Waals surface area (Å²) in [6, 6.07) is 7.97. The number of aromatic nitrogens is 4. The molecule has 4 aromatic rings. The maximum absolute atomic E-state index is 15.0. The summed E-state index contributed by atoms with van der Waals surface area (Å²) in [6.45, 7) is 8.43. The van der Waals surface area contributed by atoms with Crippen molar-refractivity contribution in [2.45, 2.75) is 57.6 Å². The van der Waals surface area contributed by atoms with Crippen molar-refractivity contribution in [2.75, 3.05) is 25.5 Å². The molecule has 3 aromatic heterocycles. The lowest BCUT2D eigenvalue weighted by Crippen LogP contribution is -2.33. The molecule has 8 nitrogen and oxygen atoms in total. The van der Waals surface area contributed by atoms with Crippen LogP contribution in [0.2, 0.25) is 0 Å². The van der Waals surface area contributed by atoms with Crippen LogP contribution in [-0.4, -0.2) is 57.1 Å². The predicted molar refractivity (Wildman–Crippen MR) is 152 cm³/mol. The molecule has 1 aliphatic heterocycles. The number of hydrogen-bond donors (Lipinski definition) is 1. The van der Waals surface area contributed by atoms with Gasteiger partial charge in [-0.05, 0) is 102 Å². The number of anilines is 2. The van der Waals surface area contributed by atoms with Crippen LogP contribution >= 0.6 is 0 Å². The van der Waals surface area contributed by atoms with Crippen molar-refractivity contribution in [3.63, 3.8) is 0 Å². The first-order valence-corrected chi connectivity index (χ1v) is 14.8. The molecule has 212 valence electrons. The second-order valence-corrected chi connectivity index (χ2v) is 14.1. The summed E-state index contributed by atoms with van der Waals surface area (Å²) in [5, 5.41) is 3.65. The van der Waals surface area contributed by atoms with E-state index in [0.29, 0.717) is 41.7 Å². The molecule has 1 fully saturated rings. The average Bonchev–Trinajstić information content (AvgIpc) is 3.30. The first kappa shape index (κ1) is 28.1. The maximum atomic E-state index is 15.0. The smallest absolute Gasteiger partial charge is 0.245 e. The van der Waals surface area contributed by atoms with Gasteiger partial charge in [0.1, 0.15) is 11.6 Å². The summed E-state index contributed by atoms with van der Waals surface area (Å²) in [7, 11) is -1.65. The van der Waals surface area contributed by atoms with E-state index in [1.54, 1.807) is 33.0 Å². The summed E-state index contributed by atoms with van der Waals surface area (Å²) >= 11 is 0. The number of rotatable bonds is 6.